The van der Waals surface area contributed by atoms with Gasteiger partial charge in [-0.25, -0.2) is 0 Å². The maximum atomic E-state index is 5.32. The monoisotopic (exact) mass is 235 g/mol. The van der Waals surface area contributed by atoms with Crippen molar-refractivity contribution in [1.29, 1.82) is 0 Å². The van der Waals surface area contributed by atoms with Crippen LogP contribution in [0.15, 0.2) is 18.2 Å². The van der Waals surface area contributed by atoms with E-state index in [-0.39, 0.29) is 0 Å². The van der Waals surface area contributed by atoms with E-state index < -0.39 is 0 Å². The van der Waals surface area contributed by atoms with Gasteiger partial charge in [-0.15, -0.1) is 0 Å². The van der Waals surface area contributed by atoms with E-state index in [2.05, 4.69) is 17.4 Å². The minimum atomic E-state index is 0.410. The van der Waals surface area contributed by atoms with Crippen LogP contribution >= 0.6 is 0 Å². The van der Waals surface area contributed by atoms with Crippen LogP contribution in [0.4, 0.5) is 0 Å². The van der Waals surface area contributed by atoms with Gasteiger partial charge in [-0.05, 0) is 43.5 Å². The van der Waals surface area contributed by atoms with Crippen LogP contribution in [0.3, 0.4) is 0 Å². The second kappa shape index (κ2) is 5.41. The molecule has 1 aliphatic rings. The molecule has 0 aliphatic heterocycles. The maximum absolute atomic E-state index is 5.32. The molecule has 0 bridgehead atoms. The van der Waals surface area contributed by atoms with Crippen LogP contribution in [0.1, 0.15) is 30.9 Å². The summed E-state index contributed by atoms with van der Waals surface area (Å²) in [7, 11) is 5.40. The minimum Gasteiger partial charge on any atom is -0.497 e. The zero-order valence-corrected chi connectivity index (χ0v) is 10.8. The third kappa shape index (κ3) is 2.55. The third-order valence-corrected chi connectivity index (χ3v) is 3.67. The standard InChI is InChI=1S/C14H21NO2/c1-15-14(10-5-4-6-10)11-7-12(16-2)9-13(8-11)17-3/h7-10,14-15H,4-6H2,1-3H3. The van der Waals surface area contributed by atoms with Gasteiger partial charge in [0, 0.05) is 12.1 Å². The SMILES string of the molecule is CNC(c1cc(OC)cc(OC)c1)C1CCC1. The highest BCUT2D eigenvalue weighted by atomic mass is 16.5. The van der Waals surface area contributed by atoms with Crippen LogP contribution in [-0.4, -0.2) is 21.3 Å². The minimum absolute atomic E-state index is 0.410. The van der Waals surface area contributed by atoms with Crippen molar-refractivity contribution >= 4 is 0 Å². The zero-order chi connectivity index (χ0) is 12.3. The van der Waals surface area contributed by atoms with Crippen molar-refractivity contribution in [3.63, 3.8) is 0 Å². The van der Waals surface area contributed by atoms with Crippen molar-refractivity contribution in [1.82, 2.24) is 5.32 Å². The second-order valence-electron chi connectivity index (χ2n) is 4.60. The summed E-state index contributed by atoms with van der Waals surface area (Å²) in [6.45, 7) is 0. The van der Waals surface area contributed by atoms with Crippen LogP contribution in [0.5, 0.6) is 11.5 Å². The first-order valence-corrected chi connectivity index (χ1v) is 6.18. The normalized spacial score (nSPS) is 17.4. The smallest absolute Gasteiger partial charge is 0.122 e. The molecular formula is C14H21NO2. The Morgan fingerprint density at radius 1 is 1.12 bits per heavy atom. The Balaban J connectivity index is 2.27. The van der Waals surface area contributed by atoms with Gasteiger partial charge in [0.25, 0.3) is 0 Å². The topological polar surface area (TPSA) is 30.5 Å². The molecule has 1 unspecified atom stereocenters. The van der Waals surface area contributed by atoms with E-state index in [4.69, 9.17) is 9.47 Å². The molecule has 0 saturated heterocycles. The second-order valence-corrected chi connectivity index (χ2v) is 4.60. The van der Waals surface area contributed by atoms with E-state index in [9.17, 15) is 0 Å². The lowest BCUT2D eigenvalue weighted by molar-refractivity contribution is 0.238. The lowest BCUT2D eigenvalue weighted by Crippen LogP contribution is -2.29. The molecule has 0 amide bonds. The van der Waals surface area contributed by atoms with Crippen molar-refractivity contribution in [3.05, 3.63) is 23.8 Å². The molecule has 1 saturated carbocycles. The highest BCUT2D eigenvalue weighted by Gasteiger charge is 2.27. The number of hydrogen-bond acceptors (Lipinski definition) is 3. The molecule has 2 rings (SSSR count). The Morgan fingerprint density at radius 3 is 2.06 bits per heavy atom. The van der Waals surface area contributed by atoms with Gasteiger partial charge in [0.2, 0.25) is 0 Å². The van der Waals surface area contributed by atoms with Crippen LogP contribution in [0.25, 0.3) is 0 Å². The van der Waals surface area contributed by atoms with Gasteiger partial charge in [-0.1, -0.05) is 6.42 Å². The predicted molar refractivity (Wildman–Crippen MR) is 68.7 cm³/mol. The molecule has 1 aromatic rings. The summed E-state index contributed by atoms with van der Waals surface area (Å²) in [4.78, 5) is 0. The zero-order valence-electron chi connectivity index (χ0n) is 10.8. The van der Waals surface area contributed by atoms with Gasteiger partial charge in [0.05, 0.1) is 14.2 Å². The van der Waals surface area contributed by atoms with E-state index in [1.807, 2.05) is 13.1 Å². The summed E-state index contributed by atoms with van der Waals surface area (Å²) < 4.78 is 10.6. The lowest BCUT2D eigenvalue weighted by atomic mass is 9.77. The highest BCUT2D eigenvalue weighted by Crippen LogP contribution is 2.39. The van der Waals surface area contributed by atoms with Crippen LogP contribution in [0, 0.1) is 5.92 Å². The van der Waals surface area contributed by atoms with Crippen LogP contribution in [0.2, 0.25) is 0 Å². The highest BCUT2D eigenvalue weighted by molar-refractivity contribution is 5.40. The lowest BCUT2D eigenvalue weighted by Gasteiger charge is -2.34. The van der Waals surface area contributed by atoms with Crippen LogP contribution in [-0.2, 0) is 0 Å². The molecule has 0 aromatic heterocycles. The predicted octanol–water partition coefficient (Wildman–Crippen LogP) is 2.76. The molecule has 94 valence electrons. The summed E-state index contributed by atoms with van der Waals surface area (Å²) in [6, 6.07) is 6.52. The quantitative estimate of drug-likeness (QED) is 0.851. The molecule has 1 N–H and O–H groups in total. The van der Waals surface area contributed by atoms with Gasteiger partial charge in [0.1, 0.15) is 11.5 Å². The number of hydrogen-bond donors (Lipinski definition) is 1. The Morgan fingerprint density at radius 2 is 1.71 bits per heavy atom. The van der Waals surface area contributed by atoms with Crippen molar-refractivity contribution < 1.29 is 9.47 Å². The number of methoxy groups -OCH3 is 2. The molecule has 0 spiro atoms. The molecule has 1 fully saturated rings. The fraction of sp³-hybridized carbons (Fsp3) is 0.571. The molecule has 3 heteroatoms. The fourth-order valence-corrected chi connectivity index (χ4v) is 2.46. The average molecular weight is 235 g/mol. The summed E-state index contributed by atoms with van der Waals surface area (Å²) >= 11 is 0. The number of ether oxygens (including phenoxy) is 2. The number of nitrogens with one attached hydrogen (secondary N) is 1. The summed E-state index contributed by atoms with van der Waals surface area (Å²) in [5.41, 5.74) is 1.26. The van der Waals surface area contributed by atoms with E-state index in [0.29, 0.717) is 6.04 Å². The van der Waals surface area contributed by atoms with Gasteiger partial charge in [-0.2, -0.15) is 0 Å². The first kappa shape index (κ1) is 12.2. The Kier molecular flexibility index (Phi) is 3.89. The number of rotatable bonds is 5. The molecule has 3 nitrogen and oxygen atoms in total. The van der Waals surface area contributed by atoms with Gasteiger partial charge >= 0.3 is 0 Å². The molecule has 1 aromatic carbocycles. The molecule has 0 radical (unpaired) electrons. The van der Waals surface area contributed by atoms with Gasteiger partial charge in [0.15, 0.2) is 0 Å². The Hall–Kier alpha value is -1.22. The molecule has 0 heterocycles. The largest absolute Gasteiger partial charge is 0.497 e. The Labute approximate surface area is 103 Å². The first-order chi connectivity index (χ1) is 8.28. The maximum Gasteiger partial charge on any atom is 0.122 e. The third-order valence-electron chi connectivity index (χ3n) is 3.67. The van der Waals surface area contributed by atoms with E-state index in [1.54, 1.807) is 14.2 Å². The molecule has 1 aliphatic carbocycles. The van der Waals surface area contributed by atoms with Gasteiger partial charge < -0.3 is 14.8 Å². The summed E-state index contributed by atoms with van der Waals surface area (Å²) in [6.07, 6.45) is 3.97. The fourth-order valence-electron chi connectivity index (χ4n) is 2.46. The summed E-state index contributed by atoms with van der Waals surface area (Å²) in [5, 5.41) is 3.41. The molecule has 17 heavy (non-hydrogen) atoms. The summed E-state index contributed by atoms with van der Waals surface area (Å²) in [5.74, 6) is 2.47. The van der Waals surface area contributed by atoms with Crippen molar-refractivity contribution in [2.75, 3.05) is 21.3 Å². The number of benzene rings is 1. The van der Waals surface area contributed by atoms with E-state index in [1.165, 1.54) is 24.8 Å². The molecule has 1 atom stereocenters. The average Bonchev–Trinajstić information content (AvgIpc) is 2.32. The van der Waals surface area contributed by atoms with E-state index >= 15 is 0 Å². The van der Waals surface area contributed by atoms with Crippen molar-refractivity contribution in [2.45, 2.75) is 25.3 Å². The van der Waals surface area contributed by atoms with Gasteiger partial charge in [-0.3, -0.25) is 0 Å². The van der Waals surface area contributed by atoms with Crippen molar-refractivity contribution in [3.8, 4) is 11.5 Å². The van der Waals surface area contributed by atoms with Crippen molar-refractivity contribution in [2.24, 2.45) is 5.92 Å². The van der Waals surface area contributed by atoms with E-state index in [0.717, 1.165) is 17.4 Å². The molecular weight excluding hydrogens is 214 g/mol. The first-order valence-electron chi connectivity index (χ1n) is 6.18. The Bertz CT molecular complexity index is 352. The van der Waals surface area contributed by atoms with Crippen LogP contribution < -0.4 is 14.8 Å².